The molecule has 1 aliphatic rings. The zero-order valence-electron chi connectivity index (χ0n) is 7.78. The maximum atomic E-state index is 8.81. The zero-order chi connectivity index (χ0) is 9.42. The van der Waals surface area contributed by atoms with E-state index in [1.165, 1.54) is 0 Å². The maximum Gasteiger partial charge on any atom is 0.142 e. The van der Waals surface area contributed by atoms with E-state index in [2.05, 4.69) is 30.3 Å². The Morgan fingerprint density at radius 2 is 2.46 bits per heavy atom. The minimum absolute atomic E-state index is 0.383. The maximum absolute atomic E-state index is 8.81. The molecule has 2 rings (SSSR count). The van der Waals surface area contributed by atoms with E-state index in [9.17, 15) is 0 Å². The summed E-state index contributed by atoms with van der Waals surface area (Å²) in [5, 5.41) is 16.3. The summed E-state index contributed by atoms with van der Waals surface area (Å²) in [6.45, 7) is 4.24. The van der Waals surface area contributed by atoms with E-state index in [1.54, 1.807) is 6.20 Å². The summed E-state index contributed by atoms with van der Waals surface area (Å²) in [6.07, 6.45) is 2.68. The summed E-state index contributed by atoms with van der Waals surface area (Å²) in [6, 6.07) is 2.94. The lowest BCUT2D eigenvalue weighted by atomic mass is 10.1. The number of nitrogens with one attached hydrogen (secondary N) is 1. The third kappa shape index (κ3) is 1.17. The Labute approximate surface area is 77.2 Å². The van der Waals surface area contributed by atoms with Crippen LogP contribution in [0.2, 0.25) is 0 Å². The van der Waals surface area contributed by atoms with Crippen LogP contribution in [0.4, 0.5) is 5.82 Å². The molecule has 0 radical (unpaired) electrons. The molecule has 0 spiro atoms. The second-order valence-corrected chi connectivity index (χ2v) is 3.59. The number of nitriles is 1. The van der Waals surface area contributed by atoms with Crippen LogP contribution in [0.1, 0.15) is 31.9 Å². The summed E-state index contributed by atoms with van der Waals surface area (Å²) in [5.74, 6) is 0.869. The van der Waals surface area contributed by atoms with E-state index in [4.69, 9.17) is 5.26 Å². The van der Waals surface area contributed by atoms with Gasteiger partial charge in [0.1, 0.15) is 17.5 Å². The van der Waals surface area contributed by atoms with Crippen LogP contribution in [0.3, 0.4) is 0 Å². The van der Waals surface area contributed by atoms with Gasteiger partial charge < -0.3 is 5.32 Å². The van der Waals surface area contributed by atoms with Crippen LogP contribution >= 0.6 is 0 Å². The van der Waals surface area contributed by atoms with E-state index in [-0.39, 0.29) is 0 Å². The Balaban J connectivity index is 2.47. The number of hydrogen-bond acceptors (Lipinski definition) is 3. The first-order chi connectivity index (χ1) is 6.22. The predicted molar refractivity (Wildman–Crippen MR) is 49.4 cm³/mol. The fraction of sp³-hybridized carbons (Fsp3) is 0.556. The molecule has 1 aromatic heterocycles. The Hall–Kier alpha value is -1.50. The van der Waals surface area contributed by atoms with Gasteiger partial charge in [0.2, 0.25) is 0 Å². The van der Waals surface area contributed by atoms with Crippen molar-refractivity contribution in [3.63, 3.8) is 0 Å². The van der Waals surface area contributed by atoms with Gasteiger partial charge in [0.05, 0.1) is 12.2 Å². The lowest BCUT2D eigenvalue weighted by Gasteiger charge is -2.27. The van der Waals surface area contributed by atoms with Gasteiger partial charge in [-0.25, -0.2) is 4.68 Å². The first-order valence-corrected chi connectivity index (χ1v) is 4.46. The quantitative estimate of drug-likeness (QED) is 0.652. The largest absolute Gasteiger partial charge is 0.367 e. The Bertz CT molecular complexity index is 360. The molecule has 0 aliphatic carbocycles. The summed E-state index contributed by atoms with van der Waals surface area (Å²) >= 11 is 0. The molecule has 2 heterocycles. The molecule has 0 saturated carbocycles. The molecule has 0 bridgehead atoms. The molecule has 1 aliphatic heterocycles. The van der Waals surface area contributed by atoms with Crippen molar-refractivity contribution in [2.45, 2.75) is 32.4 Å². The molecule has 1 N–H and O–H groups in total. The lowest BCUT2D eigenvalue weighted by Crippen LogP contribution is -2.29. The Kier molecular flexibility index (Phi) is 1.73. The summed E-state index contributed by atoms with van der Waals surface area (Å²) in [5.41, 5.74) is 0.637. The van der Waals surface area contributed by atoms with Crippen molar-refractivity contribution in [2.24, 2.45) is 0 Å². The number of rotatable bonds is 0. The highest BCUT2D eigenvalue weighted by Gasteiger charge is 2.23. The van der Waals surface area contributed by atoms with Crippen molar-refractivity contribution < 1.29 is 0 Å². The second kappa shape index (κ2) is 2.77. The molecule has 0 aromatic carbocycles. The minimum Gasteiger partial charge on any atom is -0.367 e. The average Bonchev–Trinajstić information content (AvgIpc) is 2.47. The topological polar surface area (TPSA) is 53.6 Å². The number of aromatic nitrogens is 2. The number of anilines is 1. The van der Waals surface area contributed by atoms with Gasteiger partial charge in [-0.3, -0.25) is 0 Å². The zero-order valence-corrected chi connectivity index (χ0v) is 7.78. The average molecular weight is 176 g/mol. The van der Waals surface area contributed by atoms with E-state index in [0.717, 1.165) is 12.2 Å². The first-order valence-electron chi connectivity index (χ1n) is 4.46. The summed E-state index contributed by atoms with van der Waals surface area (Å²) in [4.78, 5) is 0. The van der Waals surface area contributed by atoms with Crippen LogP contribution in [0, 0.1) is 11.3 Å². The number of fused-ring (bicyclic) bond motifs is 1. The van der Waals surface area contributed by atoms with Crippen molar-refractivity contribution in [1.82, 2.24) is 9.78 Å². The van der Waals surface area contributed by atoms with Crippen LogP contribution < -0.4 is 5.32 Å². The van der Waals surface area contributed by atoms with Gasteiger partial charge in [-0.1, -0.05) is 0 Å². The van der Waals surface area contributed by atoms with Crippen LogP contribution in [-0.2, 0) is 0 Å². The molecule has 1 aromatic rings. The third-order valence-corrected chi connectivity index (χ3v) is 2.41. The molecule has 4 nitrogen and oxygen atoms in total. The van der Waals surface area contributed by atoms with Gasteiger partial charge in [0.25, 0.3) is 0 Å². The highest BCUT2D eigenvalue weighted by Crippen LogP contribution is 2.28. The normalized spacial score (nSPS) is 25.9. The van der Waals surface area contributed by atoms with Gasteiger partial charge in [0, 0.05) is 6.04 Å². The Morgan fingerprint density at radius 1 is 1.69 bits per heavy atom. The van der Waals surface area contributed by atoms with Gasteiger partial charge >= 0.3 is 0 Å². The lowest BCUT2D eigenvalue weighted by molar-refractivity contribution is 0.414. The van der Waals surface area contributed by atoms with E-state index < -0.39 is 0 Å². The first kappa shape index (κ1) is 8.11. The van der Waals surface area contributed by atoms with Crippen LogP contribution in [0.15, 0.2) is 6.20 Å². The smallest absolute Gasteiger partial charge is 0.142 e. The van der Waals surface area contributed by atoms with E-state index in [1.807, 2.05) is 4.68 Å². The number of hydrogen-bond donors (Lipinski definition) is 1. The number of nitrogens with zero attached hydrogens (tertiary/aromatic N) is 3. The predicted octanol–water partition coefficient (Wildman–Crippen LogP) is 1.52. The molecular formula is C9H12N4. The fourth-order valence-corrected chi connectivity index (χ4v) is 1.83. The van der Waals surface area contributed by atoms with Gasteiger partial charge in [-0.05, 0) is 20.3 Å². The van der Waals surface area contributed by atoms with Crippen molar-refractivity contribution in [1.29, 1.82) is 5.26 Å². The highest BCUT2D eigenvalue weighted by atomic mass is 15.4. The van der Waals surface area contributed by atoms with E-state index >= 15 is 0 Å². The third-order valence-electron chi connectivity index (χ3n) is 2.41. The van der Waals surface area contributed by atoms with Crippen molar-refractivity contribution in [2.75, 3.05) is 5.32 Å². The molecule has 0 fully saturated rings. The van der Waals surface area contributed by atoms with Crippen LogP contribution in [0.25, 0.3) is 0 Å². The van der Waals surface area contributed by atoms with Crippen molar-refractivity contribution in [3.05, 3.63) is 11.8 Å². The van der Waals surface area contributed by atoms with Crippen LogP contribution in [0.5, 0.6) is 0 Å². The molecule has 0 amide bonds. The molecule has 4 heteroatoms. The van der Waals surface area contributed by atoms with Gasteiger partial charge in [-0.2, -0.15) is 10.4 Å². The van der Waals surface area contributed by atoms with Gasteiger partial charge in [0.15, 0.2) is 0 Å². The summed E-state index contributed by atoms with van der Waals surface area (Å²) < 4.78 is 1.89. The molecule has 2 atom stereocenters. The SMILES string of the molecule is CC1CC(C)n2ncc(C#N)c2N1. The molecule has 13 heavy (non-hydrogen) atoms. The van der Waals surface area contributed by atoms with Crippen molar-refractivity contribution in [3.8, 4) is 6.07 Å². The molecule has 0 saturated heterocycles. The Morgan fingerprint density at radius 3 is 3.15 bits per heavy atom. The minimum atomic E-state index is 0.383. The second-order valence-electron chi connectivity index (χ2n) is 3.59. The monoisotopic (exact) mass is 176 g/mol. The molecule has 2 unspecified atom stereocenters. The molecule has 68 valence electrons. The highest BCUT2D eigenvalue weighted by molar-refractivity contribution is 5.53. The fourth-order valence-electron chi connectivity index (χ4n) is 1.83. The summed E-state index contributed by atoms with van der Waals surface area (Å²) in [7, 11) is 0. The molecular weight excluding hydrogens is 164 g/mol. The van der Waals surface area contributed by atoms with Crippen molar-refractivity contribution >= 4 is 5.82 Å². The van der Waals surface area contributed by atoms with Crippen LogP contribution in [-0.4, -0.2) is 15.8 Å². The van der Waals surface area contributed by atoms with E-state index in [0.29, 0.717) is 17.6 Å². The standard InChI is InChI=1S/C9H12N4/c1-6-3-7(2)13-9(12-6)8(4-10)5-11-13/h5-7,12H,3H2,1-2H3. The van der Waals surface area contributed by atoms with Gasteiger partial charge in [-0.15, -0.1) is 0 Å².